The summed E-state index contributed by atoms with van der Waals surface area (Å²) < 4.78 is 12.6. The summed E-state index contributed by atoms with van der Waals surface area (Å²) in [4.78, 5) is 0. The second-order valence-electron chi connectivity index (χ2n) is 11.7. The van der Waals surface area contributed by atoms with Crippen molar-refractivity contribution in [3.63, 3.8) is 0 Å². The van der Waals surface area contributed by atoms with Crippen molar-refractivity contribution in [1.29, 1.82) is 0 Å². The van der Waals surface area contributed by atoms with E-state index in [-0.39, 0.29) is 11.9 Å². The zero-order valence-electron chi connectivity index (χ0n) is 22.5. The summed E-state index contributed by atoms with van der Waals surface area (Å²) in [5.74, 6) is 5.22. The number of ether oxygens (including phenoxy) is 2. The molecule has 4 bridgehead atoms. The zero-order chi connectivity index (χ0) is 25.0. The van der Waals surface area contributed by atoms with Crippen LogP contribution >= 0.6 is 0 Å². The minimum Gasteiger partial charge on any atom is -0.508 e. The van der Waals surface area contributed by atoms with E-state index < -0.39 is 0 Å². The fourth-order valence-electron chi connectivity index (χ4n) is 6.89. The van der Waals surface area contributed by atoms with Crippen molar-refractivity contribution in [2.24, 2.45) is 17.8 Å². The highest BCUT2D eigenvalue weighted by Gasteiger charge is 2.52. The maximum Gasteiger partial charge on any atom is 0.197 e. The third-order valence-corrected chi connectivity index (χ3v) is 8.84. The van der Waals surface area contributed by atoms with Gasteiger partial charge in [0, 0.05) is 0 Å². The Kier molecular flexibility index (Phi) is 8.47. The molecule has 4 aliphatic rings. The van der Waals surface area contributed by atoms with Crippen LogP contribution in [0.25, 0.3) is 0 Å². The molecule has 0 radical (unpaired) electrons. The van der Waals surface area contributed by atoms with E-state index in [0.29, 0.717) is 17.6 Å². The standard InChI is InChI=1S/C22H32O2.C10H14O/c1-4-15(2)20-5-7-21(8-6-20)23-16(3)24-22-12-17-9-18(13-22)11-19(10-17)14-22;1-3-8(2)9-4-6-10(11)7-5-9/h5-8,15-19H,4,9-14H2,1-3H3;4-8,11H,3H2,1-2H3. The highest BCUT2D eigenvalue weighted by molar-refractivity contribution is 5.29. The van der Waals surface area contributed by atoms with E-state index in [9.17, 15) is 0 Å². The lowest BCUT2D eigenvalue weighted by Gasteiger charge is -2.56. The number of rotatable bonds is 8. The topological polar surface area (TPSA) is 38.7 Å². The van der Waals surface area contributed by atoms with Gasteiger partial charge in [-0.05, 0) is 123 Å². The fourth-order valence-corrected chi connectivity index (χ4v) is 6.89. The van der Waals surface area contributed by atoms with Crippen LogP contribution < -0.4 is 4.74 Å². The average molecular weight is 479 g/mol. The number of benzene rings is 2. The first kappa shape index (κ1) is 26.1. The third kappa shape index (κ3) is 6.61. The van der Waals surface area contributed by atoms with Crippen LogP contribution in [0.3, 0.4) is 0 Å². The Bertz CT molecular complexity index is 882. The van der Waals surface area contributed by atoms with Crippen molar-refractivity contribution in [3.8, 4) is 11.5 Å². The summed E-state index contributed by atoms with van der Waals surface area (Å²) in [6.45, 7) is 10.9. The van der Waals surface area contributed by atoms with Crippen LogP contribution in [0.2, 0.25) is 0 Å². The van der Waals surface area contributed by atoms with Gasteiger partial charge in [0.2, 0.25) is 0 Å². The Balaban J connectivity index is 0.000000221. The number of hydrogen-bond acceptors (Lipinski definition) is 3. The second kappa shape index (κ2) is 11.4. The van der Waals surface area contributed by atoms with Gasteiger partial charge in [0.05, 0.1) is 5.60 Å². The molecule has 4 aliphatic carbocycles. The summed E-state index contributed by atoms with van der Waals surface area (Å²) in [6.07, 6.45) is 10.3. The quantitative estimate of drug-likeness (QED) is 0.385. The van der Waals surface area contributed by atoms with Gasteiger partial charge in [0.15, 0.2) is 6.29 Å². The first-order valence-electron chi connectivity index (χ1n) is 14.0. The molecule has 0 aliphatic heterocycles. The molecule has 3 atom stereocenters. The van der Waals surface area contributed by atoms with Crippen molar-refractivity contribution in [2.75, 3.05) is 0 Å². The lowest BCUT2D eigenvalue weighted by atomic mass is 9.54. The van der Waals surface area contributed by atoms with Gasteiger partial charge in [-0.25, -0.2) is 0 Å². The average Bonchev–Trinajstić information content (AvgIpc) is 2.83. The SMILES string of the molecule is CCC(C)c1ccc(O)cc1.CCC(C)c1ccc(OC(C)OC23CC4CC(CC(C4)C2)C3)cc1. The van der Waals surface area contributed by atoms with Gasteiger partial charge >= 0.3 is 0 Å². The summed E-state index contributed by atoms with van der Waals surface area (Å²) in [5.41, 5.74) is 2.80. The van der Waals surface area contributed by atoms with Crippen LogP contribution in [0.5, 0.6) is 11.5 Å². The van der Waals surface area contributed by atoms with Gasteiger partial charge in [0.1, 0.15) is 11.5 Å². The van der Waals surface area contributed by atoms with Crippen LogP contribution in [0.1, 0.15) is 109 Å². The molecule has 4 saturated carbocycles. The van der Waals surface area contributed by atoms with Gasteiger partial charge in [-0.15, -0.1) is 0 Å². The number of phenolic OH excluding ortho intramolecular Hbond substituents is 1. The van der Waals surface area contributed by atoms with E-state index in [4.69, 9.17) is 14.6 Å². The normalized spacial score (nSPS) is 29.1. The third-order valence-electron chi connectivity index (χ3n) is 8.84. The summed E-state index contributed by atoms with van der Waals surface area (Å²) >= 11 is 0. The van der Waals surface area contributed by atoms with E-state index in [0.717, 1.165) is 29.9 Å². The molecule has 192 valence electrons. The number of aromatic hydroxyl groups is 1. The molecule has 4 fully saturated rings. The molecule has 2 aromatic carbocycles. The van der Waals surface area contributed by atoms with Crippen molar-refractivity contribution in [2.45, 2.75) is 110 Å². The highest BCUT2D eigenvalue weighted by atomic mass is 16.7. The molecular formula is C32H46O3. The minimum atomic E-state index is -0.157. The van der Waals surface area contributed by atoms with Crippen molar-refractivity contribution in [1.82, 2.24) is 0 Å². The molecule has 3 nitrogen and oxygen atoms in total. The molecule has 0 amide bonds. The highest BCUT2D eigenvalue weighted by Crippen LogP contribution is 2.57. The molecule has 35 heavy (non-hydrogen) atoms. The van der Waals surface area contributed by atoms with Gasteiger partial charge in [-0.1, -0.05) is 52.0 Å². The lowest BCUT2D eigenvalue weighted by molar-refractivity contribution is -0.225. The van der Waals surface area contributed by atoms with Crippen molar-refractivity contribution < 1.29 is 14.6 Å². The largest absolute Gasteiger partial charge is 0.508 e. The minimum absolute atomic E-state index is 0.116. The monoisotopic (exact) mass is 478 g/mol. The predicted molar refractivity (Wildman–Crippen MR) is 144 cm³/mol. The van der Waals surface area contributed by atoms with Crippen LogP contribution in [-0.2, 0) is 4.74 Å². The summed E-state index contributed by atoms with van der Waals surface area (Å²) in [6, 6.07) is 16.0. The van der Waals surface area contributed by atoms with Gasteiger partial charge in [-0.3, -0.25) is 0 Å². The molecule has 0 saturated heterocycles. The number of hydrogen-bond donors (Lipinski definition) is 1. The molecule has 0 spiro atoms. The zero-order valence-corrected chi connectivity index (χ0v) is 22.5. The smallest absolute Gasteiger partial charge is 0.197 e. The van der Waals surface area contributed by atoms with Crippen LogP contribution in [-0.4, -0.2) is 17.0 Å². The summed E-state index contributed by atoms with van der Waals surface area (Å²) in [7, 11) is 0. The first-order chi connectivity index (χ1) is 16.8. The molecule has 2 aromatic rings. The second-order valence-corrected chi connectivity index (χ2v) is 11.7. The molecule has 3 unspecified atom stereocenters. The molecule has 6 rings (SSSR count). The van der Waals surface area contributed by atoms with Crippen LogP contribution in [0, 0.1) is 17.8 Å². The Morgan fingerprint density at radius 1 is 0.743 bits per heavy atom. The summed E-state index contributed by atoms with van der Waals surface area (Å²) in [5, 5.41) is 9.01. The maximum absolute atomic E-state index is 9.01. The van der Waals surface area contributed by atoms with Gasteiger partial charge in [-0.2, -0.15) is 0 Å². The van der Waals surface area contributed by atoms with E-state index in [1.165, 1.54) is 56.1 Å². The van der Waals surface area contributed by atoms with Gasteiger partial charge in [0.25, 0.3) is 0 Å². The lowest BCUT2D eigenvalue weighted by Crippen LogP contribution is -2.53. The maximum atomic E-state index is 9.01. The molecule has 0 heterocycles. The number of phenols is 1. The fraction of sp³-hybridized carbons (Fsp3) is 0.625. The van der Waals surface area contributed by atoms with Crippen molar-refractivity contribution in [3.05, 3.63) is 59.7 Å². The van der Waals surface area contributed by atoms with E-state index >= 15 is 0 Å². The van der Waals surface area contributed by atoms with Crippen LogP contribution in [0.4, 0.5) is 0 Å². The predicted octanol–water partition coefficient (Wildman–Crippen LogP) is 8.82. The van der Waals surface area contributed by atoms with Crippen LogP contribution in [0.15, 0.2) is 48.5 Å². The Morgan fingerprint density at radius 3 is 1.60 bits per heavy atom. The molecule has 1 N–H and O–H groups in total. The van der Waals surface area contributed by atoms with E-state index in [2.05, 4.69) is 58.9 Å². The molecule has 3 heteroatoms. The van der Waals surface area contributed by atoms with E-state index in [1.807, 2.05) is 12.1 Å². The van der Waals surface area contributed by atoms with Crippen molar-refractivity contribution >= 4 is 0 Å². The first-order valence-corrected chi connectivity index (χ1v) is 14.0. The molecular weight excluding hydrogens is 432 g/mol. The Morgan fingerprint density at radius 2 is 1.17 bits per heavy atom. The Labute approximate surface area is 213 Å². The van der Waals surface area contributed by atoms with E-state index in [1.54, 1.807) is 12.1 Å². The Hall–Kier alpha value is -2.00. The van der Waals surface area contributed by atoms with Gasteiger partial charge < -0.3 is 14.6 Å². The molecule has 0 aromatic heterocycles.